The molecule has 0 amide bonds. The van der Waals surface area contributed by atoms with Crippen LogP contribution in [0, 0.1) is 0 Å². The number of benzene rings is 1. The number of hydrogen-bond acceptors (Lipinski definition) is 2. The van der Waals surface area contributed by atoms with Crippen LogP contribution in [0.15, 0.2) is 54.3 Å². The molecule has 0 radical (unpaired) electrons. The van der Waals surface area contributed by atoms with Crippen LogP contribution in [0.1, 0.15) is 11.5 Å². The fourth-order valence-electron chi connectivity index (χ4n) is 1.73. The normalized spacial score (nSPS) is 16.8. The number of rotatable bonds is 3. The molecule has 1 aliphatic heterocycles. The third-order valence-electron chi connectivity index (χ3n) is 2.58. The van der Waals surface area contributed by atoms with Crippen molar-refractivity contribution < 1.29 is 4.79 Å². The fourth-order valence-corrected chi connectivity index (χ4v) is 1.85. The molecule has 0 aliphatic carbocycles. The highest BCUT2D eigenvalue weighted by atomic mass is 35.5. The monoisotopic (exact) mass is 233 g/mol. The summed E-state index contributed by atoms with van der Waals surface area (Å²) in [7, 11) is 0. The Kier molecular flexibility index (Phi) is 3.42. The van der Waals surface area contributed by atoms with E-state index in [-0.39, 0.29) is 5.92 Å². The zero-order valence-electron chi connectivity index (χ0n) is 8.71. The molecule has 1 heterocycles. The second kappa shape index (κ2) is 4.99. The summed E-state index contributed by atoms with van der Waals surface area (Å²) in [4.78, 5) is 11.2. The van der Waals surface area contributed by atoms with Crippen LogP contribution < -0.4 is 0 Å². The van der Waals surface area contributed by atoms with Crippen LogP contribution in [0.4, 0.5) is 0 Å². The van der Waals surface area contributed by atoms with Gasteiger partial charge in [0.05, 0.1) is 12.5 Å². The molecule has 2 rings (SSSR count). The molecule has 0 N–H and O–H groups in total. The van der Waals surface area contributed by atoms with E-state index in [9.17, 15) is 4.79 Å². The highest BCUT2D eigenvalue weighted by Crippen LogP contribution is 2.25. The number of halogens is 1. The van der Waals surface area contributed by atoms with Crippen LogP contribution in [0.2, 0.25) is 0 Å². The van der Waals surface area contributed by atoms with Gasteiger partial charge in [0, 0.05) is 18.0 Å². The first-order valence-electron chi connectivity index (χ1n) is 5.12. The van der Waals surface area contributed by atoms with Gasteiger partial charge in [0.2, 0.25) is 0 Å². The molecule has 0 saturated carbocycles. The molecule has 2 nitrogen and oxygen atoms in total. The van der Waals surface area contributed by atoms with Crippen molar-refractivity contribution in [3.8, 4) is 0 Å². The molecule has 0 saturated heterocycles. The minimum Gasteiger partial charge on any atom is -0.302 e. The second-order valence-corrected chi connectivity index (χ2v) is 4.06. The lowest BCUT2D eigenvalue weighted by Gasteiger charge is -2.18. The van der Waals surface area contributed by atoms with Gasteiger partial charge in [0.1, 0.15) is 6.29 Å². The minimum atomic E-state index is -0.192. The Hall–Kier alpha value is -1.54. The number of carbonyl (C=O) groups excluding carboxylic acids is 1. The van der Waals surface area contributed by atoms with E-state index in [0.29, 0.717) is 6.54 Å². The third-order valence-corrected chi connectivity index (χ3v) is 2.83. The SMILES string of the molecule is O=CC(C1=CCN(Cl)C=C1)c1ccccc1. The smallest absolute Gasteiger partial charge is 0.131 e. The zero-order chi connectivity index (χ0) is 11.4. The van der Waals surface area contributed by atoms with Crippen LogP contribution in [-0.2, 0) is 4.79 Å². The average molecular weight is 234 g/mol. The van der Waals surface area contributed by atoms with Crippen molar-refractivity contribution in [1.82, 2.24) is 4.42 Å². The van der Waals surface area contributed by atoms with Gasteiger partial charge >= 0.3 is 0 Å². The van der Waals surface area contributed by atoms with E-state index >= 15 is 0 Å². The molecule has 1 aliphatic rings. The first-order chi connectivity index (χ1) is 7.81. The van der Waals surface area contributed by atoms with Crippen LogP contribution in [0.3, 0.4) is 0 Å². The summed E-state index contributed by atoms with van der Waals surface area (Å²) >= 11 is 5.79. The van der Waals surface area contributed by atoms with Crippen molar-refractivity contribution in [3.63, 3.8) is 0 Å². The standard InChI is InChI=1S/C13H12ClNO/c14-15-8-6-12(7-9-15)13(10-16)11-4-2-1-3-5-11/h1-8,10,13H,9H2. The Labute approximate surface area is 99.9 Å². The lowest BCUT2D eigenvalue weighted by atomic mass is 9.91. The number of allylic oxidation sites excluding steroid dienone is 2. The molecule has 82 valence electrons. The molecule has 16 heavy (non-hydrogen) atoms. The first-order valence-corrected chi connectivity index (χ1v) is 5.46. The van der Waals surface area contributed by atoms with E-state index in [0.717, 1.165) is 17.4 Å². The van der Waals surface area contributed by atoms with E-state index in [1.807, 2.05) is 42.5 Å². The Morgan fingerprint density at radius 3 is 2.62 bits per heavy atom. The molecule has 1 unspecified atom stereocenters. The van der Waals surface area contributed by atoms with Crippen molar-refractivity contribution in [2.24, 2.45) is 0 Å². The van der Waals surface area contributed by atoms with E-state index in [2.05, 4.69) is 0 Å². The van der Waals surface area contributed by atoms with Crippen molar-refractivity contribution >= 4 is 18.1 Å². The summed E-state index contributed by atoms with van der Waals surface area (Å²) < 4.78 is 1.55. The summed E-state index contributed by atoms with van der Waals surface area (Å²) in [5, 5.41) is 0. The van der Waals surface area contributed by atoms with Gasteiger partial charge < -0.3 is 4.79 Å². The van der Waals surface area contributed by atoms with Gasteiger partial charge in [-0.15, -0.1) is 0 Å². The highest BCUT2D eigenvalue weighted by Gasteiger charge is 2.15. The summed E-state index contributed by atoms with van der Waals surface area (Å²) in [6.45, 7) is 0.630. The Morgan fingerprint density at radius 1 is 1.31 bits per heavy atom. The zero-order valence-corrected chi connectivity index (χ0v) is 9.47. The van der Waals surface area contributed by atoms with Gasteiger partial charge in [-0.05, 0) is 17.2 Å². The molecule has 0 bridgehead atoms. The molecular weight excluding hydrogens is 222 g/mol. The van der Waals surface area contributed by atoms with E-state index < -0.39 is 0 Å². The molecule has 0 spiro atoms. The molecular formula is C13H12ClNO. The van der Waals surface area contributed by atoms with Gasteiger partial charge in [0.25, 0.3) is 0 Å². The summed E-state index contributed by atoms with van der Waals surface area (Å²) in [6.07, 6.45) is 6.59. The maximum Gasteiger partial charge on any atom is 0.131 e. The van der Waals surface area contributed by atoms with Crippen LogP contribution in [-0.4, -0.2) is 17.2 Å². The second-order valence-electron chi connectivity index (χ2n) is 3.63. The van der Waals surface area contributed by atoms with Crippen LogP contribution in [0.25, 0.3) is 0 Å². The van der Waals surface area contributed by atoms with Crippen molar-refractivity contribution in [2.45, 2.75) is 5.92 Å². The Balaban J connectivity index is 2.25. The van der Waals surface area contributed by atoms with Crippen molar-refractivity contribution in [1.29, 1.82) is 0 Å². The summed E-state index contributed by atoms with van der Waals surface area (Å²) in [6, 6.07) is 9.73. The topological polar surface area (TPSA) is 20.3 Å². The van der Waals surface area contributed by atoms with Crippen LogP contribution in [0.5, 0.6) is 0 Å². The Morgan fingerprint density at radius 2 is 2.06 bits per heavy atom. The van der Waals surface area contributed by atoms with Gasteiger partial charge in [-0.3, -0.25) is 4.42 Å². The summed E-state index contributed by atoms with van der Waals surface area (Å²) in [5.41, 5.74) is 2.01. The van der Waals surface area contributed by atoms with Crippen LogP contribution >= 0.6 is 11.8 Å². The molecule has 1 atom stereocenters. The van der Waals surface area contributed by atoms with Gasteiger partial charge in [0.15, 0.2) is 0 Å². The maximum atomic E-state index is 11.2. The predicted molar refractivity (Wildman–Crippen MR) is 65.0 cm³/mol. The highest BCUT2D eigenvalue weighted by molar-refractivity contribution is 6.14. The van der Waals surface area contributed by atoms with Crippen molar-refractivity contribution in [3.05, 3.63) is 59.8 Å². The van der Waals surface area contributed by atoms with Crippen molar-refractivity contribution in [2.75, 3.05) is 6.54 Å². The fraction of sp³-hybridized carbons (Fsp3) is 0.154. The number of hydrogen-bond donors (Lipinski definition) is 0. The number of carbonyl (C=O) groups is 1. The minimum absolute atomic E-state index is 0.192. The van der Waals surface area contributed by atoms with Gasteiger partial charge in [-0.1, -0.05) is 36.4 Å². The third kappa shape index (κ3) is 2.34. The quantitative estimate of drug-likeness (QED) is 0.591. The predicted octanol–water partition coefficient (Wildman–Crippen LogP) is 2.88. The Bertz CT molecular complexity index is 425. The molecule has 0 fully saturated rings. The maximum absolute atomic E-state index is 11.2. The summed E-state index contributed by atoms with van der Waals surface area (Å²) in [5.74, 6) is -0.192. The van der Waals surface area contributed by atoms with Gasteiger partial charge in [-0.2, -0.15) is 0 Å². The molecule has 1 aromatic carbocycles. The average Bonchev–Trinajstić information content (AvgIpc) is 2.34. The molecule has 0 aromatic heterocycles. The number of aldehydes is 1. The first kappa shape index (κ1) is 11.0. The van der Waals surface area contributed by atoms with E-state index in [1.165, 1.54) is 0 Å². The van der Waals surface area contributed by atoms with E-state index in [4.69, 9.17) is 11.8 Å². The number of nitrogens with zero attached hydrogens (tertiary/aromatic N) is 1. The van der Waals surface area contributed by atoms with Gasteiger partial charge in [-0.25, -0.2) is 0 Å². The molecule has 1 aromatic rings. The lowest BCUT2D eigenvalue weighted by Crippen LogP contribution is -2.12. The largest absolute Gasteiger partial charge is 0.302 e. The lowest BCUT2D eigenvalue weighted by molar-refractivity contribution is -0.108. The van der Waals surface area contributed by atoms with E-state index in [1.54, 1.807) is 10.6 Å². The molecule has 3 heteroatoms.